The molecule has 1 unspecified atom stereocenters. The highest BCUT2D eigenvalue weighted by Crippen LogP contribution is 1.92. The summed E-state index contributed by atoms with van der Waals surface area (Å²) in [5.41, 5.74) is 5.38. The van der Waals surface area contributed by atoms with Gasteiger partial charge >= 0.3 is 0 Å². The predicted molar refractivity (Wildman–Crippen MR) is 49.4 cm³/mol. The van der Waals surface area contributed by atoms with Crippen LogP contribution < -0.4 is 11.1 Å². The molecule has 0 aromatic heterocycles. The molecule has 0 saturated heterocycles. The Labute approximate surface area is 69.9 Å². The summed E-state index contributed by atoms with van der Waals surface area (Å²) >= 11 is 0. The van der Waals surface area contributed by atoms with Gasteiger partial charge in [-0.3, -0.25) is 4.90 Å². The van der Waals surface area contributed by atoms with Gasteiger partial charge in [0.25, 0.3) is 0 Å². The molecule has 1 atom stereocenters. The summed E-state index contributed by atoms with van der Waals surface area (Å²) < 4.78 is 0. The minimum Gasteiger partial charge on any atom is -0.329 e. The Balaban J connectivity index is 3.51. The Morgan fingerprint density at radius 1 is 1.36 bits per heavy atom. The van der Waals surface area contributed by atoms with Crippen molar-refractivity contribution in [2.24, 2.45) is 5.73 Å². The number of nitrogens with two attached hydrogens (primary N) is 1. The third kappa shape index (κ3) is 4.35. The van der Waals surface area contributed by atoms with Gasteiger partial charge in [-0.05, 0) is 20.0 Å². The molecule has 0 amide bonds. The lowest BCUT2D eigenvalue weighted by molar-refractivity contribution is 0.198. The van der Waals surface area contributed by atoms with Crippen LogP contribution in [0.4, 0.5) is 0 Å². The topological polar surface area (TPSA) is 41.3 Å². The van der Waals surface area contributed by atoms with Crippen molar-refractivity contribution in [2.75, 3.05) is 26.2 Å². The summed E-state index contributed by atoms with van der Waals surface area (Å²) in [4.78, 5) is 2.36. The van der Waals surface area contributed by atoms with Gasteiger partial charge in [0, 0.05) is 13.1 Å². The van der Waals surface area contributed by atoms with Crippen molar-refractivity contribution in [3.8, 4) is 0 Å². The van der Waals surface area contributed by atoms with E-state index in [4.69, 9.17) is 5.73 Å². The fraction of sp³-hybridized carbons (Fsp3) is 1.00. The smallest absolute Gasteiger partial charge is 0.0568 e. The maximum atomic E-state index is 5.38. The van der Waals surface area contributed by atoms with Gasteiger partial charge in [0.15, 0.2) is 0 Å². The molecule has 0 aliphatic heterocycles. The number of nitrogens with zero attached hydrogens (tertiary/aromatic N) is 1. The first-order valence-corrected chi connectivity index (χ1v) is 4.43. The normalized spacial score (nSPS) is 13.9. The first-order valence-electron chi connectivity index (χ1n) is 4.43. The zero-order chi connectivity index (χ0) is 8.69. The van der Waals surface area contributed by atoms with Crippen LogP contribution in [0.3, 0.4) is 0 Å². The Morgan fingerprint density at radius 3 is 2.27 bits per heavy atom. The van der Waals surface area contributed by atoms with E-state index in [1.807, 2.05) is 0 Å². The average molecular weight is 159 g/mol. The molecule has 68 valence electrons. The Morgan fingerprint density at radius 2 is 1.91 bits per heavy atom. The Bertz CT molecular complexity index is 81.4. The minimum absolute atomic E-state index is 0.452. The summed E-state index contributed by atoms with van der Waals surface area (Å²) in [5, 5.41) is 3.34. The highest BCUT2D eigenvalue weighted by atomic mass is 15.3. The van der Waals surface area contributed by atoms with E-state index in [-0.39, 0.29) is 0 Å². The lowest BCUT2D eigenvalue weighted by atomic mass is 10.4. The van der Waals surface area contributed by atoms with Gasteiger partial charge in [0.2, 0.25) is 0 Å². The highest BCUT2D eigenvalue weighted by Gasteiger charge is 2.06. The van der Waals surface area contributed by atoms with Gasteiger partial charge in [-0.1, -0.05) is 13.8 Å². The van der Waals surface area contributed by atoms with Crippen LogP contribution in [0.25, 0.3) is 0 Å². The Kier molecular flexibility index (Phi) is 6.51. The van der Waals surface area contributed by atoms with Crippen LogP contribution in [0.5, 0.6) is 0 Å². The van der Waals surface area contributed by atoms with E-state index in [0.717, 1.165) is 19.6 Å². The fourth-order valence-corrected chi connectivity index (χ4v) is 1.19. The quantitative estimate of drug-likeness (QED) is 0.545. The molecule has 3 N–H and O–H groups in total. The van der Waals surface area contributed by atoms with Crippen molar-refractivity contribution in [3.05, 3.63) is 0 Å². The summed E-state index contributed by atoms with van der Waals surface area (Å²) in [6.07, 6.45) is 0.452. The SMILES string of the molecule is CCN(CC)C(C)NCCN. The van der Waals surface area contributed by atoms with Crippen molar-refractivity contribution in [1.29, 1.82) is 0 Å². The first-order chi connectivity index (χ1) is 5.26. The molecule has 0 spiro atoms. The average Bonchev–Trinajstić information content (AvgIpc) is 2.03. The van der Waals surface area contributed by atoms with Crippen LogP contribution in [0.2, 0.25) is 0 Å². The molecule has 0 saturated carbocycles. The molecule has 0 aromatic carbocycles. The van der Waals surface area contributed by atoms with E-state index >= 15 is 0 Å². The van der Waals surface area contributed by atoms with Gasteiger partial charge in [-0.15, -0.1) is 0 Å². The van der Waals surface area contributed by atoms with Gasteiger partial charge < -0.3 is 11.1 Å². The summed E-state index contributed by atoms with van der Waals surface area (Å²) in [5.74, 6) is 0. The van der Waals surface area contributed by atoms with Crippen LogP contribution in [-0.4, -0.2) is 37.2 Å². The van der Waals surface area contributed by atoms with Crippen LogP contribution in [0.15, 0.2) is 0 Å². The van der Waals surface area contributed by atoms with Crippen LogP contribution in [0.1, 0.15) is 20.8 Å². The third-order valence-electron chi connectivity index (χ3n) is 1.94. The molecule has 0 fully saturated rings. The van der Waals surface area contributed by atoms with Crippen LogP contribution in [0, 0.1) is 0 Å². The first kappa shape index (κ1) is 10.9. The number of nitrogens with one attached hydrogen (secondary N) is 1. The zero-order valence-corrected chi connectivity index (χ0v) is 7.93. The zero-order valence-electron chi connectivity index (χ0n) is 7.93. The van der Waals surface area contributed by atoms with Crippen LogP contribution in [-0.2, 0) is 0 Å². The molecule has 0 aliphatic rings. The number of hydrogen-bond donors (Lipinski definition) is 2. The third-order valence-corrected chi connectivity index (χ3v) is 1.94. The molecule has 0 heterocycles. The van der Waals surface area contributed by atoms with Gasteiger partial charge in [-0.2, -0.15) is 0 Å². The van der Waals surface area contributed by atoms with Crippen molar-refractivity contribution in [3.63, 3.8) is 0 Å². The number of rotatable bonds is 6. The molecule has 0 aliphatic carbocycles. The van der Waals surface area contributed by atoms with Crippen molar-refractivity contribution >= 4 is 0 Å². The molecule has 0 rings (SSSR count). The van der Waals surface area contributed by atoms with Crippen LogP contribution >= 0.6 is 0 Å². The molecule has 0 bridgehead atoms. The van der Waals surface area contributed by atoms with E-state index < -0.39 is 0 Å². The monoisotopic (exact) mass is 159 g/mol. The molecular weight excluding hydrogens is 138 g/mol. The highest BCUT2D eigenvalue weighted by molar-refractivity contribution is 4.61. The van der Waals surface area contributed by atoms with E-state index in [9.17, 15) is 0 Å². The van der Waals surface area contributed by atoms with Gasteiger partial charge in [0.05, 0.1) is 6.17 Å². The molecular formula is C8H21N3. The molecule has 0 radical (unpaired) electrons. The summed E-state index contributed by atoms with van der Waals surface area (Å²) in [7, 11) is 0. The second kappa shape index (κ2) is 6.58. The molecule has 3 nitrogen and oxygen atoms in total. The standard InChI is InChI=1S/C8H21N3/c1-4-11(5-2)8(3)10-7-6-9/h8,10H,4-7,9H2,1-3H3. The predicted octanol–water partition coefficient (Wildman–Crippen LogP) is 0.223. The maximum absolute atomic E-state index is 5.38. The largest absolute Gasteiger partial charge is 0.329 e. The summed E-state index contributed by atoms with van der Waals surface area (Å²) in [6.45, 7) is 10.3. The molecule has 0 aromatic rings. The second-order valence-electron chi connectivity index (χ2n) is 2.64. The number of hydrogen-bond acceptors (Lipinski definition) is 3. The molecule has 3 heteroatoms. The fourth-order valence-electron chi connectivity index (χ4n) is 1.19. The summed E-state index contributed by atoms with van der Waals surface area (Å²) in [6, 6.07) is 0. The maximum Gasteiger partial charge on any atom is 0.0568 e. The second-order valence-corrected chi connectivity index (χ2v) is 2.64. The van der Waals surface area contributed by atoms with E-state index in [1.165, 1.54) is 0 Å². The molecule has 11 heavy (non-hydrogen) atoms. The van der Waals surface area contributed by atoms with Gasteiger partial charge in [0.1, 0.15) is 0 Å². The van der Waals surface area contributed by atoms with E-state index in [0.29, 0.717) is 12.7 Å². The minimum atomic E-state index is 0.452. The van der Waals surface area contributed by atoms with Crippen molar-refractivity contribution < 1.29 is 0 Å². The van der Waals surface area contributed by atoms with Crippen molar-refractivity contribution in [2.45, 2.75) is 26.9 Å². The van der Waals surface area contributed by atoms with E-state index in [2.05, 4.69) is 31.0 Å². The van der Waals surface area contributed by atoms with Crippen molar-refractivity contribution in [1.82, 2.24) is 10.2 Å². The lowest BCUT2D eigenvalue weighted by Gasteiger charge is -2.26. The van der Waals surface area contributed by atoms with E-state index in [1.54, 1.807) is 0 Å². The van der Waals surface area contributed by atoms with Gasteiger partial charge in [-0.25, -0.2) is 0 Å². The Hall–Kier alpha value is -0.120. The lowest BCUT2D eigenvalue weighted by Crippen LogP contribution is -2.44.